The van der Waals surface area contributed by atoms with Gasteiger partial charge in [0.1, 0.15) is 0 Å². The molecule has 1 heterocycles. The van der Waals surface area contributed by atoms with Gasteiger partial charge >= 0.3 is 7.12 Å². The summed E-state index contributed by atoms with van der Waals surface area (Å²) in [4.78, 5) is 0. The highest BCUT2D eigenvalue weighted by atomic mass is 16.6. The maximum absolute atomic E-state index is 8.87. The number of rotatable bonds is 1. The lowest BCUT2D eigenvalue weighted by molar-refractivity contribution is 0.00524. The van der Waals surface area contributed by atoms with E-state index in [1.165, 1.54) is 0 Å². The van der Waals surface area contributed by atoms with E-state index >= 15 is 0 Å². The normalized spacial score (nSPS) is 22.7. The van der Waals surface area contributed by atoms with Crippen molar-refractivity contribution < 1.29 is 14.4 Å². The minimum Gasteiger partial charge on any atom is -0.408 e. The Hall–Kier alpha value is -0.0551. The zero-order valence-electron chi connectivity index (χ0n) is 5.54. The first kappa shape index (κ1) is 7.06. The quantitative estimate of drug-likeness (QED) is 0.503. The summed E-state index contributed by atoms with van der Waals surface area (Å²) in [5, 5.41) is 8.87. The second-order valence-electron chi connectivity index (χ2n) is 2.16. The van der Waals surface area contributed by atoms with Crippen LogP contribution in [0.1, 0.15) is 6.92 Å². The molecule has 0 spiro atoms. The van der Waals surface area contributed by atoms with Crippen molar-refractivity contribution in [3.05, 3.63) is 0 Å². The number of aliphatic hydroxyl groups is 1. The van der Waals surface area contributed by atoms with Crippen molar-refractivity contribution in [2.24, 2.45) is 0 Å². The van der Waals surface area contributed by atoms with Crippen LogP contribution < -0.4 is 0 Å². The minimum absolute atomic E-state index is 0.0894. The van der Waals surface area contributed by atoms with Gasteiger partial charge in [0.05, 0.1) is 19.3 Å². The average Bonchev–Trinajstić information content (AvgIpc) is 1.90. The molecular weight excluding hydrogens is 119 g/mol. The van der Waals surface area contributed by atoms with Gasteiger partial charge in [0.15, 0.2) is 0 Å². The fourth-order valence-corrected chi connectivity index (χ4v) is 0.769. The van der Waals surface area contributed by atoms with Crippen LogP contribution in [0.5, 0.6) is 0 Å². The summed E-state index contributed by atoms with van der Waals surface area (Å²) in [6, 6.07) is 0. The molecule has 1 aliphatic rings. The molecule has 1 fully saturated rings. The molecule has 0 amide bonds. The summed E-state index contributed by atoms with van der Waals surface area (Å²) in [5.74, 6) is 0. The molecule has 1 aliphatic heterocycles. The molecule has 0 unspecified atom stereocenters. The minimum atomic E-state index is -0.423. The summed E-state index contributed by atoms with van der Waals surface area (Å²) in [5.41, 5.74) is 0. The summed E-state index contributed by atoms with van der Waals surface area (Å²) < 4.78 is 10.1. The van der Waals surface area contributed by atoms with Gasteiger partial charge in [-0.3, -0.25) is 0 Å². The van der Waals surface area contributed by atoms with E-state index in [1.807, 2.05) is 6.92 Å². The molecule has 0 saturated carbocycles. The van der Waals surface area contributed by atoms with Gasteiger partial charge in [-0.15, -0.1) is 0 Å². The Balaban J connectivity index is 2.18. The van der Waals surface area contributed by atoms with Crippen molar-refractivity contribution >= 4 is 7.12 Å². The van der Waals surface area contributed by atoms with Crippen molar-refractivity contribution in [3.8, 4) is 0 Å². The summed E-state index contributed by atoms with van der Waals surface area (Å²) in [6.45, 7) is 2.82. The monoisotopic (exact) mass is 130 g/mol. The van der Waals surface area contributed by atoms with E-state index in [1.54, 1.807) is 0 Å². The average molecular weight is 130 g/mol. The first-order valence-electron chi connectivity index (χ1n) is 3.24. The second kappa shape index (κ2) is 3.20. The number of hydrogen-bond acceptors (Lipinski definition) is 3. The SMILES string of the molecule is CCB1OCC(O)CO1. The Kier molecular flexibility index (Phi) is 2.51. The van der Waals surface area contributed by atoms with E-state index in [-0.39, 0.29) is 7.12 Å². The molecule has 1 rings (SSSR count). The standard InChI is InChI=1S/C5H11BO3/c1-2-6-8-3-5(7)4-9-6/h5,7H,2-4H2,1H3. The Morgan fingerprint density at radius 3 is 2.56 bits per heavy atom. The Morgan fingerprint density at radius 1 is 1.56 bits per heavy atom. The van der Waals surface area contributed by atoms with E-state index in [4.69, 9.17) is 14.4 Å². The third kappa shape index (κ3) is 1.97. The predicted molar refractivity (Wildman–Crippen MR) is 34.1 cm³/mol. The Labute approximate surface area is 55.1 Å². The smallest absolute Gasteiger partial charge is 0.408 e. The van der Waals surface area contributed by atoms with Gasteiger partial charge in [-0.25, -0.2) is 0 Å². The van der Waals surface area contributed by atoms with Gasteiger partial charge in [0.2, 0.25) is 0 Å². The molecule has 9 heavy (non-hydrogen) atoms. The molecular formula is C5H11BO3. The summed E-state index contributed by atoms with van der Waals surface area (Å²) in [7, 11) is -0.0894. The van der Waals surface area contributed by atoms with Crippen LogP contribution in [0.3, 0.4) is 0 Å². The number of hydrogen-bond donors (Lipinski definition) is 1. The van der Waals surface area contributed by atoms with E-state index in [9.17, 15) is 0 Å². The number of aliphatic hydroxyl groups excluding tert-OH is 1. The van der Waals surface area contributed by atoms with Crippen LogP contribution in [-0.2, 0) is 9.31 Å². The highest BCUT2D eigenvalue weighted by Crippen LogP contribution is 2.04. The third-order valence-electron chi connectivity index (χ3n) is 1.28. The molecule has 0 aliphatic carbocycles. The van der Waals surface area contributed by atoms with Crippen LogP contribution in [0.25, 0.3) is 0 Å². The molecule has 0 bridgehead atoms. The van der Waals surface area contributed by atoms with Crippen molar-refractivity contribution in [3.63, 3.8) is 0 Å². The van der Waals surface area contributed by atoms with Crippen LogP contribution in [0.15, 0.2) is 0 Å². The molecule has 52 valence electrons. The highest BCUT2D eigenvalue weighted by molar-refractivity contribution is 6.44. The van der Waals surface area contributed by atoms with Crippen molar-refractivity contribution in [1.82, 2.24) is 0 Å². The largest absolute Gasteiger partial charge is 0.456 e. The van der Waals surface area contributed by atoms with Crippen LogP contribution >= 0.6 is 0 Å². The zero-order valence-corrected chi connectivity index (χ0v) is 5.54. The van der Waals surface area contributed by atoms with Crippen LogP contribution in [0.2, 0.25) is 6.32 Å². The Bertz CT molecular complexity index is 80.3. The van der Waals surface area contributed by atoms with Gasteiger partial charge in [0, 0.05) is 0 Å². The van der Waals surface area contributed by atoms with Crippen molar-refractivity contribution in [1.29, 1.82) is 0 Å². The second-order valence-corrected chi connectivity index (χ2v) is 2.16. The van der Waals surface area contributed by atoms with E-state index in [0.29, 0.717) is 13.2 Å². The van der Waals surface area contributed by atoms with Crippen molar-refractivity contribution in [2.75, 3.05) is 13.2 Å². The van der Waals surface area contributed by atoms with E-state index in [0.717, 1.165) is 6.32 Å². The zero-order chi connectivity index (χ0) is 6.69. The first-order valence-corrected chi connectivity index (χ1v) is 3.24. The highest BCUT2D eigenvalue weighted by Gasteiger charge is 2.23. The van der Waals surface area contributed by atoms with E-state index < -0.39 is 6.10 Å². The van der Waals surface area contributed by atoms with Crippen LogP contribution in [-0.4, -0.2) is 31.5 Å². The molecule has 0 atom stereocenters. The van der Waals surface area contributed by atoms with Gasteiger partial charge < -0.3 is 14.4 Å². The maximum Gasteiger partial charge on any atom is 0.456 e. The Morgan fingerprint density at radius 2 is 2.11 bits per heavy atom. The van der Waals surface area contributed by atoms with Crippen LogP contribution in [0.4, 0.5) is 0 Å². The van der Waals surface area contributed by atoms with Gasteiger partial charge in [-0.1, -0.05) is 6.92 Å². The first-order chi connectivity index (χ1) is 4.33. The van der Waals surface area contributed by atoms with Crippen molar-refractivity contribution in [2.45, 2.75) is 19.3 Å². The molecule has 0 aromatic rings. The molecule has 0 aromatic heterocycles. The lowest BCUT2D eigenvalue weighted by Crippen LogP contribution is -2.38. The summed E-state index contributed by atoms with van der Waals surface area (Å²) >= 11 is 0. The van der Waals surface area contributed by atoms with Gasteiger partial charge in [-0.2, -0.15) is 0 Å². The summed E-state index contributed by atoms with van der Waals surface area (Å²) in [6.07, 6.45) is 0.431. The third-order valence-corrected chi connectivity index (χ3v) is 1.28. The molecule has 0 radical (unpaired) electrons. The maximum atomic E-state index is 8.87. The molecule has 1 N–H and O–H groups in total. The topological polar surface area (TPSA) is 38.7 Å². The lowest BCUT2D eigenvalue weighted by atomic mass is 9.85. The van der Waals surface area contributed by atoms with Gasteiger partial charge in [-0.05, 0) is 6.32 Å². The lowest BCUT2D eigenvalue weighted by Gasteiger charge is -2.22. The fraction of sp³-hybridized carbons (Fsp3) is 1.00. The fourth-order valence-electron chi connectivity index (χ4n) is 0.769. The van der Waals surface area contributed by atoms with E-state index in [2.05, 4.69) is 0 Å². The molecule has 1 saturated heterocycles. The molecule has 0 aromatic carbocycles. The predicted octanol–water partition coefficient (Wildman–Crippen LogP) is -0.0978. The van der Waals surface area contributed by atoms with Gasteiger partial charge in [0.25, 0.3) is 0 Å². The molecule has 3 nitrogen and oxygen atoms in total. The molecule has 4 heteroatoms. The van der Waals surface area contributed by atoms with Crippen LogP contribution in [0, 0.1) is 0 Å².